The number of nitrogens with zero attached hydrogens (tertiary/aromatic N) is 1. The molecule has 1 atom stereocenters. The number of aromatic nitrogens is 1. The van der Waals surface area contributed by atoms with Crippen molar-refractivity contribution in [3.05, 3.63) is 41.0 Å². The Kier molecular flexibility index (Phi) is 4.19. The van der Waals surface area contributed by atoms with Crippen molar-refractivity contribution in [3.8, 4) is 11.3 Å². The smallest absolute Gasteiger partial charge is 0.234 e. The summed E-state index contributed by atoms with van der Waals surface area (Å²) >= 11 is 5.82. The lowest BCUT2D eigenvalue weighted by Gasteiger charge is -2.06. The molecule has 0 fully saturated rings. The average Bonchev–Trinajstić information content (AvgIpc) is 2.85. The van der Waals surface area contributed by atoms with E-state index in [1.54, 1.807) is 19.1 Å². The van der Waals surface area contributed by atoms with Crippen LogP contribution in [0.1, 0.15) is 12.6 Å². The first-order chi connectivity index (χ1) is 9.06. The molecule has 0 spiro atoms. The van der Waals surface area contributed by atoms with E-state index in [9.17, 15) is 4.79 Å². The van der Waals surface area contributed by atoms with Crippen LogP contribution in [0, 0.1) is 0 Å². The highest BCUT2D eigenvalue weighted by Crippen LogP contribution is 2.22. The molecule has 0 aliphatic carbocycles. The minimum absolute atomic E-state index is 0.401. The number of benzene rings is 1. The van der Waals surface area contributed by atoms with Gasteiger partial charge in [0.2, 0.25) is 5.91 Å². The summed E-state index contributed by atoms with van der Waals surface area (Å²) in [5.74, 6) is 0.251. The number of carbonyl (C=O) groups excluding carboxylic acids is 1. The first-order valence-electron chi connectivity index (χ1n) is 5.80. The van der Waals surface area contributed by atoms with E-state index in [1.165, 1.54) is 0 Å². The van der Waals surface area contributed by atoms with Crippen molar-refractivity contribution in [2.24, 2.45) is 5.73 Å². The van der Waals surface area contributed by atoms with E-state index in [0.717, 1.165) is 5.56 Å². The minimum atomic E-state index is -0.407. The topological polar surface area (TPSA) is 81.2 Å². The van der Waals surface area contributed by atoms with Gasteiger partial charge >= 0.3 is 0 Å². The van der Waals surface area contributed by atoms with Gasteiger partial charge in [-0.05, 0) is 31.2 Å². The summed E-state index contributed by atoms with van der Waals surface area (Å²) < 4.78 is 5.23. The van der Waals surface area contributed by atoms with Crippen molar-refractivity contribution >= 4 is 17.5 Å². The first-order valence-corrected chi connectivity index (χ1v) is 6.18. The van der Waals surface area contributed by atoms with Crippen molar-refractivity contribution in [1.82, 2.24) is 10.5 Å². The summed E-state index contributed by atoms with van der Waals surface area (Å²) in [7, 11) is 0. The fourth-order valence-corrected chi connectivity index (χ4v) is 1.63. The Morgan fingerprint density at radius 3 is 2.79 bits per heavy atom. The summed E-state index contributed by atoms with van der Waals surface area (Å²) in [6.07, 6.45) is 0. The lowest BCUT2D eigenvalue weighted by Crippen LogP contribution is -2.38. The summed E-state index contributed by atoms with van der Waals surface area (Å²) in [6.45, 7) is 2.11. The average molecular weight is 280 g/mol. The van der Waals surface area contributed by atoms with Crippen LogP contribution in [-0.2, 0) is 11.3 Å². The Morgan fingerprint density at radius 1 is 1.47 bits per heavy atom. The molecule has 1 heterocycles. The van der Waals surface area contributed by atoms with E-state index in [-0.39, 0.29) is 0 Å². The van der Waals surface area contributed by atoms with Crippen molar-refractivity contribution in [3.63, 3.8) is 0 Å². The molecule has 1 aromatic carbocycles. The normalized spacial score (nSPS) is 12.3. The van der Waals surface area contributed by atoms with Gasteiger partial charge in [0, 0.05) is 23.2 Å². The molecule has 2 aromatic rings. The molecular weight excluding hydrogens is 266 g/mol. The Balaban J connectivity index is 2.03. The molecule has 19 heavy (non-hydrogen) atoms. The Hall–Kier alpha value is -1.85. The zero-order valence-electron chi connectivity index (χ0n) is 10.4. The van der Waals surface area contributed by atoms with Crippen LogP contribution in [0.5, 0.6) is 0 Å². The van der Waals surface area contributed by atoms with Gasteiger partial charge in [-0.1, -0.05) is 16.8 Å². The number of nitrogens with one attached hydrogen (secondary N) is 1. The van der Waals surface area contributed by atoms with Gasteiger partial charge in [-0.15, -0.1) is 0 Å². The molecule has 3 N–H and O–H groups in total. The molecule has 0 saturated heterocycles. The third-order valence-corrected chi connectivity index (χ3v) is 2.96. The SMILES string of the molecule is C[C@H](NCc1cc(-c2ccc(Cl)cc2)on1)C(N)=O. The fraction of sp³-hybridized carbons (Fsp3) is 0.231. The van der Waals surface area contributed by atoms with Gasteiger partial charge in [0.05, 0.1) is 11.7 Å². The van der Waals surface area contributed by atoms with E-state index in [2.05, 4.69) is 10.5 Å². The highest BCUT2D eigenvalue weighted by atomic mass is 35.5. The van der Waals surface area contributed by atoms with Crippen LogP contribution >= 0.6 is 11.6 Å². The molecule has 100 valence electrons. The van der Waals surface area contributed by atoms with E-state index >= 15 is 0 Å². The Labute approximate surface area is 115 Å². The maximum Gasteiger partial charge on any atom is 0.234 e. The maximum absolute atomic E-state index is 10.9. The molecular formula is C13H14ClN3O2. The number of hydrogen-bond donors (Lipinski definition) is 2. The van der Waals surface area contributed by atoms with Gasteiger partial charge in [-0.2, -0.15) is 0 Å². The highest BCUT2D eigenvalue weighted by Gasteiger charge is 2.10. The molecule has 0 aliphatic heterocycles. The van der Waals surface area contributed by atoms with Gasteiger partial charge in [-0.3, -0.25) is 4.79 Å². The minimum Gasteiger partial charge on any atom is -0.368 e. The zero-order chi connectivity index (χ0) is 13.8. The van der Waals surface area contributed by atoms with Gasteiger partial charge < -0.3 is 15.6 Å². The molecule has 0 saturated carbocycles. The summed E-state index contributed by atoms with van der Waals surface area (Å²) in [6, 6.07) is 8.68. The van der Waals surface area contributed by atoms with Crippen LogP contribution in [-0.4, -0.2) is 17.1 Å². The number of amides is 1. The third kappa shape index (κ3) is 3.56. The second-order valence-corrected chi connectivity index (χ2v) is 4.63. The van der Waals surface area contributed by atoms with Crippen molar-refractivity contribution in [2.75, 3.05) is 0 Å². The Bertz CT molecular complexity index is 566. The highest BCUT2D eigenvalue weighted by molar-refractivity contribution is 6.30. The number of hydrogen-bond acceptors (Lipinski definition) is 4. The molecule has 0 unspecified atom stereocenters. The molecule has 0 bridgehead atoms. The number of rotatable bonds is 5. The lowest BCUT2D eigenvalue weighted by molar-refractivity contribution is -0.119. The summed E-state index contributed by atoms with van der Waals surface area (Å²) in [5.41, 5.74) is 6.75. The van der Waals surface area contributed by atoms with Gasteiger partial charge in [0.15, 0.2) is 5.76 Å². The second kappa shape index (κ2) is 5.86. The maximum atomic E-state index is 10.9. The van der Waals surface area contributed by atoms with Crippen LogP contribution in [0.2, 0.25) is 5.02 Å². The van der Waals surface area contributed by atoms with Crippen LogP contribution in [0.25, 0.3) is 11.3 Å². The summed E-state index contributed by atoms with van der Waals surface area (Å²) in [5, 5.41) is 7.54. The summed E-state index contributed by atoms with van der Waals surface area (Å²) in [4.78, 5) is 10.9. The fourth-order valence-electron chi connectivity index (χ4n) is 1.50. The molecule has 1 amide bonds. The third-order valence-electron chi connectivity index (χ3n) is 2.70. The molecule has 0 radical (unpaired) electrons. The monoisotopic (exact) mass is 279 g/mol. The number of halogens is 1. The molecule has 6 heteroatoms. The van der Waals surface area contributed by atoms with Crippen LogP contribution in [0.15, 0.2) is 34.9 Å². The van der Waals surface area contributed by atoms with E-state index in [0.29, 0.717) is 23.0 Å². The van der Waals surface area contributed by atoms with Gasteiger partial charge in [0.1, 0.15) is 0 Å². The molecule has 5 nitrogen and oxygen atoms in total. The van der Waals surface area contributed by atoms with Crippen molar-refractivity contribution in [1.29, 1.82) is 0 Å². The van der Waals surface area contributed by atoms with Crippen molar-refractivity contribution in [2.45, 2.75) is 19.5 Å². The van der Waals surface area contributed by atoms with E-state index in [4.69, 9.17) is 21.9 Å². The first kappa shape index (κ1) is 13.6. The Morgan fingerprint density at radius 2 is 2.16 bits per heavy atom. The number of nitrogens with two attached hydrogens (primary N) is 1. The van der Waals surface area contributed by atoms with Crippen molar-refractivity contribution < 1.29 is 9.32 Å². The second-order valence-electron chi connectivity index (χ2n) is 4.19. The van der Waals surface area contributed by atoms with Gasteiger partial charge in [-0.25, -0.2) is 0 Å². The van der Waals surface area contributed by atoms with E-state index in [1.807, 2.05) is 18.2 Å². The van der Waals surface area contributed by atoms with Crippen LogP contribution in [0.4, 0.5) is 0 Å². The predicted molar refractivity (Wildman–Crippen MR) is 72.4 cm³/mol. The molecule has 1 aromatic heterocycles. The molecule has 2 rings (SSSR count). The zero-order valence-corrected chi connectivity index (χ0v) is 11.1. The van der Waals surface area contributed by atoms with Crippen LogP contribution in [0.3, 0.4) is 0 Å². The van der Waals surface area contributed by atoms with E-state index < -0.39 is 11.9 Å². The molecule has 0 aliphatic rings. The lowest BCUT2D eigenvalue weighted by atomic mass is 10.1. The predicted octanol–water partition coefficient (Wildman–Crippen LogP) is 1.96. The van der Waals surface area contributed by atoms with Gasteiger partial charge in [0.25, 0.3) is 0 Å². The number of primary amides is 1. The standard InChI is InChI=1S/C13H14ClN3O2/c1-8(13(15)18)16-7-11-6-12(19-17-11)9-2-4-10(14)5-3-9/h2-6,8,16H,7H2,1H3,(H2,15,18)/t8-/m0/s1. The van der Waals surface area contributed by atoms with Crippen LogP contribution < -0.4 is 11.1 Å². The quantitative estimate of drug-likeness (QED) is 0.877. The number of carbonyl (C=O) groups is 1. The largest absolute Gasteiger partial charge is 0.368 e.